The Bertz CT molecular complexity index is 566. The maximum atomic E-state index is 12.1. The molecule has 21 heavy (non-hydrogen) atoms. The van der Waals surface area contributed by atoms with Crippen molar-refractivity contribution in [3.63, 3.8) is 0 Å². The number of nitrogens with zero attached hydrogens (tertiary/aromatic N) is 1. The third-order valence-electron chi connectivity index (χ3n) is 2.73. The summed E-state index contributed by atoms with van der Waals surface area (Å²) in [5.41, 5.74) is 0.433. The zero-order valence-electron chi connectivity index (χ0n) is 11.8. The van der Waals surface area contributed by atoms with Crippen molar-refractivity contribution in [2.75, 3.05) is 26.4 Å². The predicted molar refractivity (Wildman–Crippen MR) is 79.4 cm³/mol. The van der Waals surface area contributed by atoms with Gasteiger partial charge in [-0.15, -0.1) is 11.3 Å². The zero-order chi connectivity index (χ0) is 15.1. The Morgan fingerprint density at radius 3 is 3.10 bits per heavy atom. The minimum Gasteiger partial charge on any atom is -0.462 e. The summed E-state index contributed by atoms with van der Waals surface area (Å²) in [6, 6.07) is 3.61. The number of carbonyl (C=O) groups is 1. The van der Waals surface area contributed by atoms with Crippen LogP contribution >= 0.6 is 11.3 Å². The van der Waals surface area contributed by atoms with Gasteiger partial charge in [0, 0.05) is 18.0 Å². The van der Waals surface area contributed by atoms with Crippen LogP contribution in [0.2, 0.25) is 0 Å². The lowest BCUT2D eigenvalue weighted by atomic mass is 10.3. The topological polar surface area (TPSA) is 84.6 Å². The fourth-order valence-corrected chi connectivity index (χ4v) is 2.62. The Hall–Kier alpha value is -1.70. The maximum Gasteiger partial charge on any atom is 0.271 e. The van der Waals surface area contributed by atoms with Crippen molar-refractivity contribution in [3.05, 3.63) is 29.0 Å². The van der Waals surface area contributed by atoms with E-state index in [1.807, 2.05) is 13.0 Å². The number of rotatable bonds is 8. The quantitative estimate of drug-likeness (QED) is 0.727. The summed E-state index contributed by atoms with van der Waals surface area (Å²) >= 11 is 1.43. The van der Waals surface area contributed by atoms with E-state index >= 15 is 0 Å². The molecule has 0 unspecified atom stereocenters. The molecule has 2 rings (SSSR count). The van der Waals surface area contributed by atoms with Crippen LogP contribution < -0.4 is 5.32 Å². The van der Waals surface area contributed by atoms with E-state index in [0.717, 1.165) is 4.88 Å². The number of aromatic nitrogens is 1. The third-order valence-corrected chi connectivity index (χ3v) is 3.72. The molecule has 0 aliphatic carbocycles. The SMILES string of the molecule is Cc1sc(-c2ccco2)nc1C(=O)NCCCOCCO. The lowest BCUT2D eigenvalue weighted by molar-refractivity contribution is 0.0866. The van der Waals surface area contributed by atoms with Gasteiger partial charge in [0.1, 0.15) is 5.69 Å². The summed E-state index contributed by atoms with van der Waals surface area (Å²) in [7, 11) is 0. The average Bonchev–Trinajstić information content (AvgIpc) is 3.11. The van der Waals surface area contributed by atoms with Crippen molar-refractivity contribution in [3.8, 4) is 10.8 Å². The predicted octanol–water partition coefficient (Wildman–Crippen LogP) is 1.84. The van der Waals surface area contributed by atoms with Gasteiger partial charge in [-0.1, -0.05) is 0 Å². The van der Waals surface area contributed by atoms with Crippen molar-refractivity contribution < 1.29 is 19.1 Å². The molecule has 0 spiro atoms. The van der Waals surface area contributed by atoms with E-state index in [4.69, 9.17) is 14.3 Å². The van der Waals surface area contributed by atoms with Crippen molar-refractivity contribution in [1.29, 1.82) is 0 Å². The van der Waals surface area contributed by atoms with Gasteiger partial charge in [0.25, 0.3) is 5.91 Å². The Balaban J connectivity index is 1.85. The van der Waals surface area contributed by atoms with Crippen molar-refractivity contribution >= 4 is 17.2 Å². The van der Waals surface area contributed by atoms with Crippen molar-refractivity contribution in [1.82, 2.24) is 10.3 Å². The summed E-state index contributed by atoms with van der Waals surface area (Å²) in [5, 5.41) is 12.1. The molecule has 0 saturated heterocycles. The molecule has 0 bridgehead atoms. The van der Waals surface area contributed by atoms with Crippen LogP contribution in [0, 0.1) is 6.92 Å². The first-order valence-corrected chi connectivity index (χ1v) is 7.52. The molecule has 0 atom stereocenters. The van der Waals surface area contributed by atoms with Gasteiger partial charge in [0.2, 0.25) is 0 Å². The number of aryl methyl sites for hydroxylation is 1. The molecule has 0 aliphatic heterocycles. The fourth-order valence-electron chi connectivity index (χ4n) is 1.74. The number of ether oxygens (including phenoxy) is 1. The number of nitrogens with one attached hydrogen (secondary N) is 1. The molecule has 2 aromatic rings. The van der Waals surface area contributed by atoms with Gasteiger partial charge in [-0.2, -0.15) is 0 Å². The number of hydrogen-bond donors (Lipinski definition) is 2. The van der Waals surface area contributed by atoms with Gasteiger partial charge in [0.15, 0.2) is 10.8 Å². The second kappa shape index (κ2) is 7.92. The van der Waals surface area contributed by atoms with E-state index in [1.54, 1.807) is 12.3 Å². The highest BCUT2D eigenvalue weighted by molar-refractivity contribution is 7.15. The van der Waals surface area contributed by atoms with Crippen molar-refractivity contribution in [2.45, 2.75) is 13.3 Å². The van der Waals surface area contributed by atoms with E-state index in [9.17, 15) is 4.79 Å². The number of furan rings is 1. The van der Waals surface area contributed by atoms with Crippen LogP contribution in [0.15, 0.2) is 22.8 Å². The largest absolute Gasteiger partial charge is 0.462 e. The molecular formula is C14H18N2O4S. The summed E-state index contributed by atoms with van der Waals surface area (Å²) in [5.74, 6) is 0.475. The standard InChI is InChI=1S/C14H18N2O4S/c1-10-12(13(18)15-5-3-7-19-9-6-17)16-14(21-10)11-4-2-8-20-11/h2,4,8,17H,3,5-7,9H2,1H3,(H,15,18). The molecule has 0 aliphatic rings. The number of thiazole rings is 1. The number of carbonyl (C=O) groups excluding carboxylic acids is 1. The lowest BCUT2D eigenvalue weighted by Crippen LogP contribution is -2.26. The molecule has 7 heteroatoms. The van der Waals surface area contributed by atoms with Crippen LogP contribution in [0.5, 0.6) is 0 Å². The minimum absolute atomic E-state index is 0.0138. The number of aliphatic hydroxyl groups excluding tert-OH is 1. The summed E-state index contributed by atoms with van der Waals surface area (Å²) in [6.45, 7) is 3.22. The van der Waals surface area contributed by atoms with E-state index in [1.165, 1.54) is 11.3 Å². The van der Waals surface area contributed by atoms with Crippen LogP contribution in [-0.2, 0) is 4.74 Å². The molecule has 6 nitrogen and oxygen atoms in total. The second-order valence-electron chi connectivity index (χ2n) is 4.35. The highest BCUT2D eigenvalue weighted by Gasteiger charge is 2.16. The Morgan fingerprint density at radius 1 is 1.52 bits per heavy atom. The third kappa shape index (κ3) is 4.38. The van der Waals surface area contributed by atoms with E-state index in [0.29, 0.717) is 42.6 Å². The van der Waals surface area contributed by atoms with Crippen LogP contribution in [0.1, 0.15) is 21.8 Å². The molecule has 0 radical (unpaired) electrons. The first kappa shape index (κ1) is 15.7. The second-order valence-corrected chi connectivity index (χ2v) is 5.55. The van der Waals surface area contributed by atoms with Crippen LogP contribution in [0.4, 0.5) is 0 Å². The van der Waals surface area contributed by atoms with Crippen LogP contribution in [0.25, 0.3) is 10.8 Å². The van der Waals surface area contributed by atoms with Gasteiger partial charge >= 0.3 is 0 Å². The smallest absolute Gasteiger partial charge is 0.271 e. The fraction of sp³-hybridized carbons (Fsp3) is 0.429. The molecule has 2 N–H and O–H groups in total. The molecule has 2 heterocycles. The average molecular weight is 310 g/mol. The van der Waals surface area contributed by atoms with E-state index < -0.39 is 0 Å². The zero-order valence-corrected chi connectivity index (χ0v) is 12.6. The molecular weight excluding hydrogens is 292 g/mol. The lowest BCUT2D eigenvalue weighted by Gasteiger charge is -2.04. The Labute approximate surface area is 126 Å². The normalized spacial score (nSPS) is 10.8. The van der Waals surface area contributed by atoms with Gasteiger partial charge < -0.3 is 19.6 Å². The summed E-state index contributed by atoms with van der Waals surface area (Å²) in [6.07, 6.45) is 2.28. The van der Waals surface area contributed by atoms with Gasteiger partial charge in [0.05, 0.1) is 19.5 Å². The van der Waals surface area contributed by atoms with E-state index in [-0.39, 0.29) is 12.5 Å². The van der Waals surface area contributed by atoms with Gasteiger partial charge in [-0.3, -0.25) is 4.79 Å². The molecule has 1 amide bonds. The molecule has 0 saturated carbocycles. The number of hydrogen-bond acceptors (Lipinski definition) is 6. The summed E-state index contributed by atoms with van der Waals surface area (Å²) in [4.78, 5) is 17.2. The maximum absolute atomic E-state index is 12.1. The Kier molecular flexibility index (Phi) is 5.91. The van der Waals surface area contributed by atoms with Gasteiger partial charge in [-0.05, 0) is 25.5 Å². The minimum atomic E-state index is -0.191. The highest BCUT2D eigenvalue weighted by Crippen LogP contribution is 2.27. The summed E-state index contributed by atoms with van der Waals surface area (Å²) < 4.78 is 10.4. The number of amides is 1. The highest BCUT2D eigenvalue weighted by atomic mass is 32.1. The van der Waals surface area contributed by atoms with Crippen LogP contribution in [-0.4, -0.2) is 42.4 Å². The monoisotopic (exact) mass is 310 g/mol. The van der Waals surface area contributed by atoms with Crippen molar-refractivity contribution in [2.24, 2.45) is 0 Å². The van der Waals surface area contributed by atoms with Gasteiger partial charge in [-0.25, -0.2) is 4.98 Å². The molecule has 0 aromatic carbocycles. The van der Waals surface area contributed by atoms with E-state index in [2.05, 4.69) is 10.3 Å². The number of aliphatic hydroxyl groups is 1. The first-order valence-electron chi connectivity index (χ1n) is 6.70. The van der Waals surface area contributed by atoms with Crippen LogP contribution in [0.3, 0.4) is 0 Å². The molecule has 0 fully saturated rings. The molecule has 2 aromatic heterocycles. The molecule has 114 valence electrons. The first-order chi connectivity index (χ1) is 10.2. The Morgan fingerprint density at radius 2 is 2.38 bits per heavy atom.